The monoisotopic (exact) mass is 261 g/mol. The van der Waals surface area contributed by atoms with E-state index in [0.29, 0.717) is 6.04 Å². The summed E-state index contributed by atoms with van der Waals surface area (Å²) in [7, 11) is 1.79. The van der Waals surface area contributed by atoms with Crippen molar-refractivity contribution in [2.45, 2.75) is 57.6 Å². The van der Waals surface area contributed by atoms with E-state index < -0.39 is 0 Å². The van der Waals surface area contributed by atoms with Gasteiger partial charge in [0.25, 0.3) is 0 Å². The topological polar surface area (TPSA) is 21.3 Å². The lowest BCUT2D eigenvalue weighted by molar-refractivity contribution is 0.0232. The summed E-state index contributed by atoms with van der Waals surface area (Å²) in [5.74, 6) is 0. The largest absolute Gasteiger partial charge is 0.378 e. The van der Waals surface area contributed by atoms with Gasteiger partial charge in [0.05, 0.1) is 5.60 Å². The predicted molar refractivity (Wildman–Crippen MR) is 80.6 cm³/mol. The van der Waals surface area contributed by atoms with Crippen LogP contribution in [0.15, 0.2) is 24.3 Å². The first-order valence-electron chi connectivity index (χ1n) is 7.45. The van der Waals surface area contributed by atoms with Crippen molar-refractivity contribution in [1.29, 1.82) is 0 Å². The summed E-state index contributed by atoms with van der Waals surface area (Å²) in [6.45, 7) is 5.46. The van der Waals surface area contributed by atoms with Gasteiger partial charge in [-0.15, -0.1) is 0 Å². The maximum atomic E-state index is 5.52. The summed E-state index contributed by atoms with van der Waals surface area (Å²) in [6.07, 6.45) is 6.14. The number of methoxy groups -OCH3 is 1. The fourth-order valence-corrected chi connectivity index (χ4v) is 2.81. The molecule has 19 heavy (non-hydrogen) atoms. The minimum atomic E-state index is -0.0816. The van der Waals surface area contributed by atoms with Gasteiger partial charge in [-0.3, -0.25) is 0 Å². The maximum Gasteiger partial charge on any atom is 0.0662 e. The zero-order valence-corrected chi connectivity index (χ0v) is 12.5. The molecule has 1 saturated heterocycles. The first-order chi connectivity index (χ1) is 9.09. The quantitative estimate of drug-likeness (QED) is 0.877. The molecule has 1 atom stereocenters. The molecule has 0 spiro atoms. The Kier molecular flexibility index (Phi) is 5.00. The van der Waals surface area contributed by atoms with E-state index >= 15 is 0 Å². The molecule has 0 radical (unpaired) electrons. The van der Waals surface area contributed by atoms with Crippen molar-refractivity contribution in [3.8, 4) is 0 Å². The van der Waals surface area contributed by atoms with Crippen molar-refractivity contribution in [3.05, 3.63) is 35.4 Å². The number of hydrogen-bond acceptors (Lipinski definition) is 2. The van der Waals surface area contributed by atoms with Crippen LogP contribution < -0.4 is 5.32 Å². The van der Waals surface area contributed by atoms with E-state index in [2.05, 4.69) is 43.4 Å². The smallest absolute Gasteiger partial charge is 0.0662 e. The molecule has 2 nitrogen and oxygen atoms in total. The van der Waals surface area contributed by atoms with Crippen LogP contribution in [0.1, 0.15) is 44.2 Å². The second-order valence-electron chi connectivity index (χ2n) is 6.31. The van der Waals surface area contributed by atoms with Crippen molar-refractivity contribution >= 4 is 0 Å². The average molecular weight is 261 g/mol. The molecular weight excluding hydrogens is 234 g/mol. The molecule has 1 aromatic carbocycles. The van der Waals surface area contributed by atoms with Crippen molar-refractivity contribution in [2.24, 2.45) is 0 Å². The van der Waals surface area contributed by atoms with Gasteiger partial charge in [-0.1, -0.05) is 30.7 Å². The summed E-state index contributed by atoms with van der Waals surface area (Å²) in [6, 6.07) is 9.65. The van der Waals surface area contributed by atoms with E-state index in [0.717, 1.165) is 12.8 Å². The van der Waals surface area contributed by atoms with Crippen LogP contribution in [0.5, 0.6) is 0 Å². The van der Waals surface area contributed by atoms with E-state index in [1.807, 2.05) is 0 Å². The van der Waals surface area contributed by atoms with Crippen LogP contribution in [-0.2, 0) is 17.6 Å². The normalized spacial score (nSPS) is 20.5. The molecule has 0 bridgehead atoms. The van der Waals surface area contributed by atoms with Crippen LogP contribution >= 0.6 is 0 Å². The van der Waals surface area contributed by atoms with Gasteiger partial charge in [-0.05, 0) is 50.8 Å². The van der Waals surface area contributed by atoms with E-state index in [1.54, 1.807) is 7.11 Å². The number of ether oxygens (including phenoxy) is 1. The number of nitrogens with one attached hydrogen (secondary N) is 1. The van der Waals surface area contributed by atoms with Gasteiger partial charge >= 0.3 is 0 Å². The van der Waals surface area contributed by atoms with Crippen molar-refractivity contribution < 1.29 is 4.74 Å². The fourth-order valence-electron chi connectivity index (χ4n) is 2.81. The van der Waals surface area contributed by atoms with Gasteiger partial charge in [0.15, 0.2) is 0 Å². The van der Waals surface area contributed by atoms with Gasteiger partial charge in [-0.25, -0.2) is 0 Å². The van der Waals surface area contributed by atoms with Crippen LogP contribution in [0.25, 0.3) is 0 Å². The average Bonchev–Trinajstić information content (AvgIpc) is 2.40. The Morgan fingerprint density at radius 1 is 1.26 bits per heavy atom. The van der Waals surface area contributed by atoms with Gasteiger partial charge < -0.3 is 10.1 Å². The highest BCUT2D eigenvalue weighted by molar-refractivity contribution is 5.25. The molecule has 1 aromatic rings. The SMILES string of the molecule is COC(C)(C)Cc1cccc(CC2CCCCN2)c1. The van der Waals surface area contributed by atoms with E-state index in [9.17, 15) is 0 Å². The van der Waals surface area contributed by atoms with Crippen LogP contribution in [0.4, 0.5) is 0 Å². The molecule has 2 heteroatoms. The Bertz CT molecular complexity index is 394. The summed E-state index contributed by atoms with van der Waals surface area (Å²) in [4.78, 5) is 0. The molecule has 0 saturated carbocycles. The van der Waals surface area contributed by atoms with Crippen molar-refractivity contribution in [1.82, 2.24) is 5.32 Å². The molecule has 0 amide bonds. The molecule has 1 aliphatic heterocycles. The van der Waals surface area contributed by atoms with Crippen LogP contribution in [0.3, 0.4) is 0 Å². The van der Waals surface area contributed by atoms with E-state index in [4.69, 9.17) is 4.74 Å². The minimum Gasteiger partial charge on any atom is -0.378 e. The van der Waals surface area contributed by atoms with Gasteiger partial charge in [-0.2, -0.15) is 0 Å². The third-order valence-electron chi connectivity index (χ3n) is 4.07. The predicted octanol–water partition coefficient (Wildman–Crippen LogP) is 3.34. The second kappa shape index (κ2) is 6.53. The maximum absolute atomic E-state index is 5.52. The zero-order valence-electron chi connectivity index (χ0n) is 12.5. The standard InChI is InChI=1S/C17H27NO/c1-17(2,19-3)13-15-8-6-7-14(11-15)12-16-9-4-5-10-18-16/h6-8,11,16,18H,4-5,9-10,12-13H2,1-3H3. The Morgan fingerprint density at radius 3 is 2.74 bits per heavy atom. The Morgan fingerprint density at radius 2 is 2.05 bits per heavy atom. The van der Waals surface area contributed by atoms with Gasteiger partial charge in [0, 0.05) is 19.6 Å². The molecule has 0 aliphatic carbocycles. The van der Waals surface area contributed by atoms with E-state index in [1.165, 1.54) is 36.9 Å². The molecule has 1 heterocycles. The van der Waals surface area contributed by atoms with Gasteiger partial charge in [0.2, 0.25) is 0 Å². The lowest BCUT2D eigenvalue weighted by Crippen LogP contribution is -2.35. The molecule has 1 N–H and O–H groups in total. The number of piperidine rings is 1. The summed E-state index contributed by atoms with van der Waals surface area (Å²) < 4.78 is 5.52. The first kappa shape index (κ1) is 14.5. The summed E-state index contributed by atoms with van der Waals surface area (Å²) >= 11 is 0. The number of hydrogen-bond donors (Lipinski definition) is 1. The molecule has 1 unspecified atom stereocenters. The van der Waals surface area contributed by atoms with Crippen LogP contribution in [0.2, 0.25) is 0 Å². The Hall–Kier alpha value is -0.860. The number of rotatable bonds is 5. The van der Waals surface area contributed by atoms with Crippen LogP contribution in [-0.4, -0.2) is 25.3 Å². The number of benzene rings is 1. The van der Waals surface area contributed by atoms with E-state index in [-0.39, 0.29) is 5.60 Å². The lowest BCUT2D eigenvalue weighted by atomic mass is 9.93. The molecule has 106 valence electrons. The molecule has 0 aromatic heterocycles. The van der Waals surface area contributed by atoms with Crippen molar-refractivity contribution in [2.75, 3.05) is 13.7 Å². The molecule has 2 rings (SSSR count). The highest BCUT2D eigenvalue weighted by Gasteiger charge is 2.18. The van der Waals surface area contributed by atoms with Crippen LogP contribution in [0, 0.1) is 0 Å². The summed E-state index contributed by atoms with van der Waals surface area (Å²) in [5.41, 5.74) is 2.74. The third kappa shape index (κ3) is 4.63. The molecule has 1 aliphatic rings. The third-order valence-corrected chi connectivity index (χ3v) is 4.07. The molecular formula is C17H27NO. The Labute approximate surface area is 117 Å². The van der Waals surface area contributed by atoms with Crippen molar-refractivity contribution in [3.63, 3.8) is 0 Å². The highest BCUT2D eigenvalue weighted by Crippen LogP contribution is 2.19. The zero-order chi connectivity index (χ0) is 13.7. The Balaban J connectivity index is 1.98. The fraction of sp³-hybridized carbons (Fsp3) is 0.647. The minimum absolute atomic E-state index is 0.0816. The van der Waals surface area contributed by atoms with Gasteiger partial charge in [0.1, 0.15) is 0 Å². The first-order valence-corrected chi connectivity index (χ1v) is 7.45. The second-order valence-corrected chi connectivity index (χ2v) is 6.31. The highest BCUT2D eigenvalue weighted by atomic mass is 16.5. The molecule has 1 fully saturated rings. The summed E-state index contributed by atoms with van der Waals surface area (Å²) in [5, 5.41) is 3.62. The lowest BCUT2D eigenvalue weighted by Gasteiger charge is -2.25.